The van der Waals surface area contributed by atoms with Gasteiger partial charge in [0.2, 0.25) is 0 Å². The van der Waals surface area contributed by atoms with Crippen LogP contribution in [0.1, 0.15) is 19.0 Å². The molecule has 0 aliphatic carbocycles. The maximum atomic E-state index is 12.1. The standard InChI is InChI=1S/C11H18F3N3O/c1-9(5-11(12,13)14)16-7-10-6-15-8-17(10)3-4-18-2/h6,8-9,16H,3-5,7H2,1-2H3/t9-/m1/s1. The van der Waals surface area contributed by atoms with Gasteiger partial charge in [-0.3, -0.25) is 0 Å². The number of nitrogens with one attached hydrogen (secondary N) is 1. The van der Waals surface area contributed by atoms with Gasteiger partial charge in [0, 0.05) is 32.4 Å². The van der Waals surface area contributed by atoms with Crippen molar-refractivity contribution in [1.29, 1.82) is 0 Å². The minimum absolute atomic E-state index is 0.362. The summed E-state index contributed by atoms with van der Waals surface area (Å²) in [5.74, 6) is 0. The molecule has 18 heavy (non-hydrogen) atoms. The normalized spacial score (nSPS) is 13.8. The van der Waals surface area contributed by atoms with Crippen molar-refractivity contribution in [3.8, 4) is 0 Å². The minimum atomic E-state index is -4.14. The van der Waals surface area contributed by atoms with Crippen LogP contribution in [0.4, 0.5) is 13.2 Å². The highest BCUT2D eigenvalue weighted by molar-refractivity contribution is 4.98. The molecule has 0 aromatic carbocycles. The molecule has 0 saturated carbocycles. The zero-order chi connectivity index (χ0) is 13.6. The minimum Gasteiger partial charge on any atom is -0.383 e. The van der Waals surface area contributed by atoms with Crippen molar-refractivity contribution in [3.63, 3.8) is 0 Å². The molecule has 1 atom stereocenters. The summed E-state index contributed by atoms with van der Waals surface area (Å²) in [5, 5.41) is 2.84. The van der Waals surface area contributed by atoms with Crippen LogP contribution in [-0.4, -0.2) is 35.5 Å². The van der Waals surface area contributed by atoms with Crippen molar-refractivity contribution < 1.29 is 17.9 Å². The van der Waals surface area contributed by atoms with E-state index in [0.717, 1.165) is 5.69 Å². The van der Waals surface area contributed by atoms with Crippen molar-refractivity contribution in [2.45, 2.75) is 38.7 Å². The van der Waals surface area contributed by atoms with Crippen LogP contribution in [0.2, 0.25) is 0 Å². The van der Waals surface area contributed by atoms with Gasteiger partial charge in [0.25, 0.3) is 0 Å². The fourth-order valence-electron chi connectivity index (χ4n) is 1.58. The topological polar surface area (TPSA) is 39.1 Å². The fraction of sp³-hybridized carbons (Fsp3) is 0.727. The van der Waals surface area contributed by atoms with Gasteiger partial charge in [0.1, 0.15) is 0 Å². The second kappa shape index (κ2) is 6.75. The lowest BCUT2D eigenvalue weighted by Crippen LogP contribution is -2.31. The number of imidazole rings is 1. The molecule has 0 aliphatic rings. The molecule has 0 bridgehead atoms. The zero-order valence-electron chi connectivity index (χ0n) is 10.5. The van der Waals surface area contributed by atoms with Crippen molar-refractivity contribution in [1.82, 2.24) is 14.9 Å². The van der Waals surface area contributed by atoms with Gasteiger partial charge in [-0.05, 0) is 6.92 Å². The largest absolute Gasteiger partial charge is 0.390 e. The molecule has 1 aromatic rings. The molecule has 1 heterocycles. The summed E-state index contributed by atoms with van der Waals surface area (Å²) < 4.78 is 43.2. The zero-order valence-corrected chi connectivity index (χ0v) is 10.5. The maximum Gasteiger partial charge on any atom is 0.390 e. The monoisotopic (exact) mass is 265 g/mol. The average Bonchev–Trinajstić information content (AvgIpc) is 2.68. The summed E-state index contributed by atoms with van der Waals surface area (Å²) in [4.78, 5) is 3.97. The van der Waals surface area contributed by atoms with Gasteiger partial charge in [-0.2, -0.15) is 13.2 Å². The van der Waals surface area contributed by atoms with Crippen LogP contribution >= 0.6 is 0 Å². The van der Waals surface area contributed by atoms with Crippen molar-refractivity contribution in [3.05, 3.63) is 18.2 Å². The molecule has 0 fully saturated rings. The second-order valence-corrected chi connectivity index (χ2v) is 4.17. The molecule has 0 radical (unpaired) electrons. The molecular weight excluding hydrogens is 247 g/mol. The highest BCUT2D eigenvalue weighted by atomic mass is 19.4. The van der Waals surface area contributed by atoms with Crippen molar-refractivity contribution >= 4 is 0 Å². The number of hydrogen-bond donors (Lipinski definition) is 1. The number of hydrogen-bond acceptors (Lipinski definition) is 3. The van der Waals surface area contributed by atoms with Gasteiger partial charge in [-0.1, -0.05) is 0 Å². The highest BCUT2D eigenvalue weighted by Crippen LogP contribution is 2.21. The predicted octanol–water partition coefficient (Wildman–Crippen LogP) is 1.96. The van der Waals surface area contributed by atoms with E-state index in [0.29, 0.717) is 19.7 Å². The summed E-state index contributed by atoms with van der Waals surface area (Å²) in [6.45, 7) is 3.06. The number of halogens is 3. The van der Waals surface area contributed by atoms with Gasteiger partial charge < -0.3 is 14.6 Å². The van der Waals surface area contributed by atoms with Crippen LogP contribution in [0.25, 0.3) is 0 Å². The van der Waals surface area contributed by atoms with E-state index in [4.69, 9.17) is 4.74 Å². The summed E-state index contributed by atoms with van der Waals surface area (Å²) in [6.07, 6.45) is -1.69. The lowest BCUT2D eigenvalue weighted by atomic mass is 10.2. The first-order chi connectivity index (χ1) is 8.42. The Labute approximate surface area is 104 Å². The van der Waals surface area contributed by atoms with Crippen LogP contribution in [0, 0.1) is 0 Å². The molecule has 0 aliphatic heterocycles. The number of rotatable bonds is 7. The Hall–Kier alpha value is -1.08. The molecule has 0 amide bonds. The molecule has 1 rings (SSSR count). The Morgan fingerprint density at radius 2 is 2.22 bits per heavy atom. The molecule has 7 heteroatoms. The Kier molecular flexibility index (Phi) is 5.61. The first-order valence-electron chi connectivity index (χ1n) is 5.70. The lowest BCUT2D eigenvalue weighted by molar-refractivity contribution is -0.139. The molecular formula is C11H18F3N3O. The number of methoxy groups -OCH3 is 1. The Morgan fingerprint density at radius 1 is 1.50 bits per heavy atom. The average molecular weight is 265 g/mol. The first kappa shape index (κ1) is 15.0. The van der Waals surface area contributed by atoms with Crippen LogP contribution in [0.15, 0.2) is 12.5 Å². The third-order valence-electron chi connectivity index (χ3n) is 2.50. The summed E-state index contributed by atoms with van der Waals surface area (Å²) >= 11 is 0. The SMILES string of the molecule is COCCn1cncc1CN[C@H](C)CC(F)(F)F. The van der Waals surface area contributed by atoms with Gasteiger partial charge >= 0.3 is 6.18 Å². The molecule has 1 N–H and O–H groups in total. The molecule has 4 nitrogen and oxygen atoms in total. The summed E-state index contributed by atoms with van der Waals surface area (Å²) in [6, 6.07) is -0.615. The van der Waals surface area contributed by atoms with Gasteiger partial charge in [-0.15, -0.1) is 0 Å². The Morgan fingerprint density at radius 3 is 2.83 bits per heavy atom. The summed E-state index contributed by atoms with van der Waals surface area (Å²) in [5.41, 5.74) is 0.848. The van der Waals surface area contributed by atoms with E-state index in [-0.39, 0.29) is 0 Å². The van der Waals surface area contributed by atoms with E-state index in [1.165, 1.54) is 6.92 Å². The van der Waals surface area contributed by atoms with Crippen molar-refractivity contribution in [2.24, 2.45) is 0 Å². The molecule has 1 aromatic heterocycles. The van der Waals surface area contributed by atoms with Crippen LogP contribution < -0.4 is 5.32 Å². The predicted molar refractivity (Wildman–Crippen MR) is 61.1 cm³/mol. The summed E-state index contributed by atoms with van der Waals surface area (Å²) in [7, 11) is 1.60. The van der Waals surface area contributed by atoms with E-state index >= 15 is 0 Å². The molecule has 0 saturated heterocycles. The highest BCUT2D eigenvalue weighted by Gasteiger charge is 2.29. The van der Waals surface area contributed by atoms with Crippen molar-refractivity contribution in [2.75, 3.05) is 13.7 Å². The maximum absolute atomic E-state index is 12.1. The van der Waals surface area contributed by atoms with Crippen LogP contribution in [0.3, 0.4) is 0 Å². The fourth-order valence-corrected chi connectivity index (χ4v) is 1.58. The quantitative estimate of drug-likeness (QED) is 0.819. The number of aromatic nitrogens is 2. The Balaban J connectivity index is 2.41. The molecule has 0 spiro atoms. The lowest BCUT2D eigenvalue weighted by Gasteiger charge is -2.16. The van der Waals surface area contributed by atoms with Gasteiger partial charge in [0.05, 0.1) is 25.0 Å². The smallest absolute Gasteiger partial charge is 0.383 e. The van der Waals surface area contributed by atoms with E-state index in [9.17, 15) is 13.2 Å². The van der Waals surface area contributed by atoms with Crippen LogP contribution in [-0.2, 0) is 17.8 Å². The third kappa shape index (κ3) is 5.50. The third-order valence-corrected chi connectivity index (χ3v) is 2.50. The number of alkyl halides is 3. The number of nitrogens with zero attached hydrogens (tertiary/aromatic N) is 2. The molecule has 0 unspecified atom stereocenters. The molecule has 104 valence electrons. The van der Waals surface area contributed by atoms with E-state index in [1.807, 2.05) is 4.57 Å². The van der Waals surface area contributed by atoms with E-state index < -0.39 is 18.6 Å². The second-order valence-electron chi connectivity index (χ2n) is 4.17. The van der Waals surface area contributed by atoms with E-state index in [1.54, 1.807) is 19.6 Å². The van der Waals surface area contributed by atoms with Gasteiger partial charge in [0.15, 0.2) is 0 Å². The Bertz CT molecular complexity index is 352. The van der Waals surface area contributed by atoms with E-state index in [2.05, 4.69) is 10.3 Å². The first-order valence-corrected chi connectivity index (χ1v) is 5.70. The van der Waals surface area contributed by atoms with Gasteiger partial charge in [-0.25, -0.2) is 4.98 Å². The van der Waals surface area contributed by atoms with Crippen LogP contribution in [0.5, 0.6) is 0 Å². The number of ether oxygens (including phenoxy) is 1.